The van der Waals surface area contributed by atoms with Gasteiger partial charge in [-0.1, -0.05) is 12.8 Å². The van der Waals surface area contributed by atoms with Gasteiger partial charge in [0.25, 0.3) is 0 Å². The average molecular weight is 289 g/mol. The minimum Gasteiger partial charge on any atom is -0.391 e. The lowest BCUT2D eigenvalue weighted by Gasteiger charge is -2.35. The predicted octanol–water partition coefficient (Wildman–Crippen LogP) is 0.379. The second-order valence-corrected chi connectivity index (χ2v) is 5.29. The van der Waals surface area contributed by atoms with Crippen LogP contribution in [0.5, 0.6) is 0 Å². The molecule has 3 rings (SSSR count). The first-order chi connectivity index (χ1) is 10.1. The van der Waals surface area contributed by atoms with E-state index in [9.17, 15) is 5.11 Å². The van der Waals surface area contributed by atoms with Crippen LogP contribution in [0.1, 0.15) is 25.7 Å². The number of aliphatic hydroxyl groups is 1. The molecule has 0 spiro atoms. The molecule has 8 nitrogen and oxygen atoms in total. The molecule has 21 heavy (non-hydrogen) atoms. The summed E-state index contributed by atoms with van der Waals surface area (Å²) in [4.78, 5) is 18.6. The number of hydrogen-bond donors (Lipinski definition) is 2. The molecular formula is C13H19N7O. The highest BCUT2D eigenvalue weighted by Crippen LogP contribution is 2.25. The molecule has 0 aliphatic heterocycles. The van der Waals surface area contributed by atoms with Crippen LogP contribution in [0.15, 0.2) is 18.7 Å². The zero-order valence-corrected chi connectivity index (χ0v) is 11.9. The van der Waals surface area contributed by atoms with Crippen molar-refractivity contribution >= 4 is 11.9 Å². The first kappa shape index (κ1) is 13.7. The van der Waals surface area contributed by atoms with Gasteiger partial charge in [-0.15, -0.1) is 0 Å². The second-order valence-electron chi connectivity index (χ2n) is 5.29. The molecule has 2 heterocycles. The Kier molecular flexibility index (Phi) is 3.70. The SMILES string of the molecule is CN(c1nc(N)nc(-n2ccnc2)n1)C1CCCCC1O. The Hall–Kier alpha value is -2.22. The molecule has 1 saturated carbocycles. The number of aromatic nitrogens is 5. The van der Waals surface area contributed by atoms with Crippen LogP contribution in [0.4, 0.5) is 11.9 Å². The Bertz CT molecular complexity index is 601. The largest absolute Gasteiger partial charge is 0.391 e. The van der Waals surface area contributed by atoms with Crippen molar-refractivity contribution in [3.63, 3.8) is 0 Å². The lowest BCUT2D eigenvalue weighted by atomic mass is 9.92. The first-order valence-electron chi connectivity index (χ1n) is 7.06. The van der Waals surface area contributed by atoms with Gasteiger partial charge >= 0.3 is 0 Å². The van der Waals surface area contributed by atoms with Crippen LogP contribution in [-0.2, 0) is 0 Å². The normalized spacial score (nSPS) is 22.2. The van der Waals surface area contributed by atoms with E-state index in [0.29, 0.717) is 11.9 Å². The van der Waals surface area contributed by atoms with Crippen molar-refractivity contribution < 1.29 is 5.11 Å². The molecule has 1 fully saturated rings. The van der Waals surface area contributed by atoms with Crippen LogP contribution >= 0.6 is 0 Å². The lowest BCUT2D eigenvalue weighted by Crippen LogP contribution is -2.44. The summed E-state index contributed by atoms with van der Waals surface area (Å²) in [6, 6.07) is 0.0104. The summed E-state index contributed by atoms with van der Waals surface area (Å²) in [5.74, 6) is 1.05. The van der Waals surface area contributed by atoms with Gasteiger partial charge in [0, 0.05) is 19.4 Å². The van der Waals surface area contributed by atoms with Gasteiger partial charge in [-0.2, -0.15) is 15.0 Å². The van der Waals surface area contributed by atoms with Gasteiger partial charge in [0.1, 0.15) is 6.33 Å². The summed E-state index contributed by atoms with van der Waals surface area (Å²) in [6.45, 7) is 0. The summed E-state index contributed by atoms with van der Waals surface area (Å²) >= 11 is 0. The van der Waals surface area contributed by atoms with Crippen LogP contribution in [0.25, 0.3) is 5.95 Å². The molecule has 0 aromatic carbocycles. The lowest BCUT2D eigenvalue weighted by molar-refractivity contribution is 0.105. The number of anilines is 2. The Morgan fingerprint density at radius 2 is 2.10 bits per heavy atom. The van der Waals surface area contributed by atoms with Crippen LogP contribution in [0, 0.1) is 0 Å². The highest BCUT2D eigenvalue weighted by Gasteiger charge is 2.28. The fraction of sp³-hybridized carbons (Fsp3) is 0.538. The summed E-state index contributed by atoms with van der Waals surface area (Å²) in [5, 5.41) is 10.2. The molecule has 1 aliphatic rings. The molecule has 8 heteroatoms. The first-order valence-corrected chi connectivity index (χ1v) is 7.06. The quantitative estimate of drug-likeness (QED) is 0.841. The molecule has 1 aliphatic carbocycles. The molecule has 112 valence electrons. The van der Waals surface area contributed by atoms with Crippen molar-refractivity contribution in [1.82, 2.24) is 24.5 Å². The second kappa shape index (κ2) is 5.65. The highest BCUT2D eigenvalue weighted by atomic mass is 16.3. The van der Waals surface area contributed by atoms with E-state index in [2.05, 4.69) is 19.9 Å². The maximum Gasteiger partial charge on any atom is 0.241 e. The van der Waals surface area contributed by atoms with Crippen molar-refractivity contribution in [1.29, 1.82) is 0 Å². The number of hydrogen-bond acceptors (Lipinski definition) is 7. The number of nitrogens with two attached hydrogens (primary N) is 1. The number of likely N-dealkylation sites (N-methyl/N-ethyl adjacent to an activating group) is 1. The molecule has 2 unspecified atom stereocenters. The Labute approximate surface area is 122 Å². The van der Waals surface area contributed by atoms with E-state index in [1.807, 2.05) is 11.9 Å². The van der Waals surface area contributed by atoms with E-state index in [1.165, 1.54) is 0 Å². The molecule has 0 amide bonds. The third-order valence-electron chi connectivity index (χ3n) is 3.87. The molecular weight excluding hydrogens is 270 g/mol. The number of nitrogens with zero attached hydrogens (tertiary/aromatic N) is 6. The van der Waals surface area contributed by atoms with Crippen molar-refractivity contribution in [3.05, 3.63) is 18.7 Å². The van der Waals surface area contributed by atoms with E-state index in [1.54, 1.807) is 23.3 Å². The van der Waals surface area contributed by atoms with Gasteiger partial charge in [0.2, 0.25) is 17.8 Å². The zero-order valence-electron chi connectivity index (χ0n) is 11.9. The molecule has 2 aromatic rings. The van der Waals surface area contributed by atoms with E-state index in [-0.39, 0.29) is 18.1 Å². The maximum atomic E-state index is 10.2. The van der Waals surface area contributed by atoms with Gasteiger partial charge in [-0.25, -0.2) is 4.98 Å². The fourth-order valence-electron chi connectivity index (χ4n) is 2.71. The van der Waals surface area contributed by atoms with E-state index in [4.69, 9.17) is 5.73 Å². The standard InChI is InChI=1S/C13H19N7O/c1-19(9-4-2-3-5-10(9)21)12-16-11(14)17-13(18-12)20-7-6-15-8-20/h6-10,21H,2-5H2,1H3,(H2,14,16,17,18). The van der Waals surface area contributed by atoms with Crippen LogP contribution in [-0.4, -0.2) is 48.8 Å². The number of aliphatic hydroxyl groups excluding tert-OH is 1. The third kappa shape index (κ3) is 2.80. The smallest absolute Gasteiger partial charge is 0.241 e. The topological polar surface area (TPSA) is 106 Å². The molecule has 2 aromatic heterocycles. The number of rotatable bonds is 3. The zero-order chi connectivity index (χ0) is 14.8. The Morgan fingerprint density at radius 3 is 2.81 bits per heavy atom. The summed E-state index contributed by atoms with van der Waals surface area (Å²) in [5.41, 5.74) is 5.78. The van der Waals surface area contributed by atoms with Gasteiger partial charge in [-0.05, 0) is 12.8 Å². The van der Waals surface area contributed by atoms with Gasteiger partial charge < -0.3 is 15.7 Å². The van der Waals surface area contributed by atoms with E-state index < -0.39 is 0 Å². The third-order valence-corrected chi connectivity index (χ3v) is 3.87. The van der Waals surface area contributed by atoms with E-state index in [0.717, 1.165) is 25.7 Å². The van der Waals surface area contributed by atoms with Crippen molar-refractivity contribution in [2.45, 2.75) is 37.8 Å². The van der Waals surface area contributed by atoms with Crippen LogP contribution < -0.4 is 10.6 Å². The maximum absolute atomic E-state index is 10.2. The van der Waals surface area contributed by atoms with Gasteiger partial charge in [0.05, 0.1) is 12.1 Å². The molecule has 0 radical (unpaired) electrons. The van der Waals surface area contributed by atoms with Crippen molar-refractivity contribution in [2.75, 3.05) is 17.7 Å². The van der Waals surface area contributed by atoms with Gasteiger partial charge in [0.15, 0.2) is 0 Å². The van der Waals surface area contributed by atoms with E-state index >= 15 is 0 Å². The van der Waals surface area contributed by atoms with Crippen molar-refractivity contribution in [3.8, 4) is 5.95 Å². The Morgan fingerprint density at radius 1 is 1.29 bits per heavy atom. The number of imidazole rings is 1. The molecule has 0 bridgehead atoms. The number of nitrogen functional groups attached to an aromatic ring is 1. The summed E-state index contributed by atoms with van der Waals surface area (Å²) in [7, 11) is 1.88. The highest BCUT2D eigenvalue weighted by molar-refractivity contribution is 5.38. The Balaban J connectivity index is 1.91. The molecule has 0 saturated heterocycles. The van der Waals surface area contributed by atoms with Crippen LogP contribution in [0.3, 0.4) is 0 Å². The van der Waals surface area contributed by atoms with Gasteiger partial charge in [-0.3, -0.25) is 4.57 Å². The van der Waals surface area contributed by atoms with Crippen LogP contribution in [0.2, 0.25) is 0 Å². The fourth-order valence-corrected chi connectivity index (χ4v) is 2.71. The molecule has 2 atom stereocenters. The predicted molar refractivity (Wildman–Crippen MR) is 78.0 cm³/mol. The molecule has 3 N–H and O–H groups in total. The minimum atomic E-state index is -0.363. The minimum absolute atomic E-state index is 0.0104. The van der Waals surface area contributed by atoms with Crippen molar-refractivity contribution in [2.24, 2.45) is 0 Å². The summed E-state index contributed by atoms with van der Waals surface area (Å²) in [6.07, 6.45) is 8.52. The monoisotopic (exact) mass is 289 g/mol. The average Bonchev–Trinajstić information content (AvgIpc) is 3.01. The summed E-state index contributed by atoms with van der Waals surface area (Å²) < 4.78 is 1.67.